The second-order valence-electron chi connectivity index (χ2n) is 5.14. The molecule has 104 valence electrons. The molecule has 0 bridgehead atoms. The maximum atomic E-state index is 5.49. The van der Waals surface area contributed by atoms with Crippen molar-refractivity contribution in [2.75, 3.05) is 0 Å². The van der Waals surface area contributed by atoms with Crippen molar-refractivity contribution in [3.8, 4) is 10.4 Å². The first kappa shape index (κ1) is 12.5. The Bertz CT molecular complexity index is 829. The van der Waals surface area contributed by atoms with E-state index in [0.717, 1.165) is 29.5 Å². The molecule has 4 rings (SSSR count). The largest absolute Gasteiger partial charge is 0.460 e. The van der Waals surface area contributed by atoms with E-state index in [1.54, 1.807) is 17.6 Å². The summed E-state index contributed by atoms with van der Waals surface area (Å²) < 4.78 is 5.49. The van der Waals surface area contributed by atoms with E-state index in [9.17, 15) is 0 Å². The van der Waals surface area contributed by atoms with Gasteiger partial charge in [0.05, 0.1) is 16.8 Å². The van der Waals surface area contributed by atoms with E-state index in [0.29, 0.717) is 0 Å². The van der Waals surface area contributed by atoms with Crippen LogP contribution in [0.15, 0.2) is 45.8 Å². The fraction of sp³-hybridized carbons (Fsp3) is 0.176. The summed E-state index contributed by atoms with van der Waals surface area (Å²) in [6.07, 6.45) is 3.80. The molecule has 0 fully saturated rings. The number of furan rings is 1. The molecule has 0 aliphatic heterocycles. The van der Waals surface area contributed by atoms with Gasteiger partial charge in [-0.3, -0.25) is 0 Å². The molecule has 0 saturated carbocycles. The van der Waals surface area contributed by atoms with Gasteiger partial charge in [0.2, 0.25) is 5.13 Å². The van der Waals surface area contributed by atoms with Crippen molar-refractivity contribution in [1.29, 1.82) is 0 Å². The van der Waals surface area contributed by atoms with Gasteiger partial charge < -0.3 is 4.42 Å². The van der Waals surface area contributed by atoms with Crippen molar-refractivity contribution in [3.05, 3.63) is 59.2 Å². The quantitative estimate of drug-likeness (QED) is 0.650. The monoisotopic (exact) mass is 294 g/mol. The molecule has 3 nitrogen and oxygen atoms in total. The maximum Gasteiger partial charge on any atom is 0.210 e. The van der Waals surface area contributed by atoms with Gasteiger partial charge in [-0.15, -0.1) is 0 Å². The van der Waals surface area contributed by atoms with Crippen molar-refractivity contribution in [2.45, 2.75) is 19.8 Å². The topological polar surface area (TPSA) is 38.4 Å². The van der Waals surface area contributed by atoms with Crippen molar-refractivity contribution >= 4 is 22.7 Å². The summed E-state index contributed by atoms with van der Waals surface area (Å²) in [5.74, 6) is 1.66. The summed E-state index contributed by atoms with van der Waals surface area (Å²) in [5, 5.41) is 0.797. The summed E-state index contributed by atoms with van der Waals surface area (Å²) in [7, 11) is 0. The molecule has 0 unspecified atom stereocenters. The van der Waals surface area contributed by atoms with Crippen LogP contribution in [0.3, 0.4) is 0 Å². The first-order valence-corrected chi connectivity index (χ1v) is 7.80. The molecule has 21 heavy (non-hydrogen) atoms. The van der Waals surface area contributed by atoms with E-state index < -0.39 is 0 Å². The van der Waals surface area contributed by atoms with Gasteiger partial charge in [0.15, 0.2) is 0 Å². The molecule has 0 spiro atoms. The van der Waals surface area contributed by atoms with Gasteiger partial charge in [-0.05, 0) is 43.0 Å². The Morgan fingerprint density at radius 2 is 2.10 bits per heavy atom. The molecule has 4 heteroatoms. The molecule has 1 aliphatic carbocycles. The lowest BCUT2D eigenvalue weighted by Gasteiger charge is -2.13. The van der Waals surface area contributed by atoms with E-state index in [1.165, 1.54) is 21.7 Å². The number of aryl methyl sites for hydroxylation is 3. The van der Waals surface area contributed by atoms with Gasteiger partial charge in [0, 0.05) is 0 Å². The average molecular weight is 294 g/mol. The van der Waals surface area contributed by atoms with E-state index in [2.05, 4.69) is 34.2 Å². The third-order valence-corrected chi connectivity index (χ3v) is 4.68. The van der Waals surface area contributed by atoms with Crippen molar-refractivity contribution in [3.63, 3.8) is 0 Å². The molecule has 0 atom stereocenters. The van der Waals surface area contributed by atoms with Crippen LogP contribution in [0.2, 0.25) is 0 Å². The number of nitrogens with zero attached hydrogens (tertiary/aromatic N) is 2. The Kier molecular flexibility index (Phi) is 2.97. The van der Waals surface area contributed by atoms with Crippen LogP contribution in [0.25, 0.3) is 10.4 Å². The highest BCUT2D eigenvalue weighted by Crippen LogP contribution is 2.40. The molecule has 0 N–H and O–H groups in total. The highest BCUT2D eigenvalue weighted by Gasteiger charge is 2.19. The summed E-state index contributed by atoms with van der Waals surface area (Å²) >= 11 is 1.65. The Balaban J connectivity index is 1.69. The lowest BCUT2D eigenvalue weighted by molar-refractivity contribution is 0.528. The molecule has 0 saturated heterocycles. The maximum absolute atomic E-state index is 5.49. The van der Waals surface area contributed by atoms with Gasteiger partial charge >= 0.3 is 0 Å². The number of aliphatic imine (C=N–C) groups is 1. The van der Waals surface area contributed by atoms with Gasteiger partial charge in [-0.2, -0.15) is 0 Å². The minimum atomic E-state index is 0.765. The molecular weight excluding hydrogens is 280 g/mol. The lowest BCUT2D eigenvalue weighted by atomic mass is 9.94. The number of benzene rings is 1. The van der Waals surface area contributed by atoms with Crippen molar-refractivity contribution in [1.82, 2.24) is 4.98 Å². The van der Waals surface area contributed by atoms with Crippen molar-refractivity contribution < 1.29 is 4.42 Å². The second kappa shape index (κ2) is 4.97. The van der Waals surface area contributed by atoms with E-state index in [-0.39, 0.29) is 0 Å². The zero-order chi connectivity index (χ0) is 14.2. The van der Waals surface area contributed by atoms with Crippen LogP contribution in [0.1, 0.15) is 22.8 Å². The van der Waals surface area contributed by atoms with Gasteiger partial charge in [0.1, 0.15) is 11.5 Å². The smallest absolute Gasteiger partial charge is 0.210 e. The van der Waals surface area contributed by atoms with Crippen LogP contribution in [0.4, 0.5) is 5.13 Å². The fourth-order valence-electron chi connectivity index (χ4n) is 2.63. The molecule has 0 amide bonds. The zero-order valence-corrected chi connectivity index (χ0v) is 12.5. The summed E-state index contributed by atoms with van der Waals surface area (Å²) in [4.78, 5) is 10.4. The second-order valence-corrected chi connectivity index (χ2v) is 6.11. The van der Waals surface area contributed by atoms with Crippen LogP contribution >= 0.6 is 11.3 Å². The van der Waals surface area contributed by atoms with Crippen LogP contribution in [0, 0.1) is 6.92 Å². The Morgan fingerprint density at radius 3 is 2.95 bits per heavy atom. The molecule has 2 heterocycles. The van der Waals surface area contributed by atoms with Crippen molar-refractivity contribution in [2.24, 2.45) is 4.99 Å². The summed E-state index contributed by atoms with van der Waals surface area (Å²) in [6.45, 7) is 1.93. The number of fused-ring (bicyclic) bond motifs is 3. The molecule has 2 aromatic heterocycles. The highest BCUT2D eigenvalue weighted by atomic mass is 32.1. The number of aromatic nitrogens is 1. The van der Waals surface area contributed by atoms with E-state index >= 15 is 0 Å². The average Bonchev–Trinajstić information content (AvgIpc) is 3.11. The Morgan fingerprint density at radius 1 is 1.19 bits per heavy atom. The molecule has 3 aromatic rings. The molecular formula is C17H14N2OS. The highest BCUT2D eigenvalue weighted by molar-refractivity contribution is 7.18. The van der Waals surface area contributed by atoms with Crippen LogP contribution in [0.5, 0.6) is 0 Å². The first-order chi connectivity index (χ1) is 10.3. The SMILES string of the molecule is Cc1ccc(C=Nc2nc3c(s2)-c2ccccc2CC3)o1. The number of rotatable bonds is 2. The van der Waals surface area contributed by atoms with E-state index in [1.807, 2.05) is 19.1 Å². The number of hydrogen-bond acceptors (Lipinski definition) is 4. The standard InChI is InChI=1S/C17H14N2OS/c1-11-6-8-13(20-11)10-18-17-19-15-9-7-12-4-2-3-5-14(12)16(15)21-17/h2-6,8,10H,7,9H2,1H3. The fourth-order valence-corrected chi connectivity index (χ4v) is 3.65. The normalized spacial score (nSPS) is 13.4. The predicted octanol–water partition coefficient (Wildman–Crippen LogP) is 4.56. The number of thiazole rings is 1. The molecule has 0 radical (unpaired) electrons. The lowest BCUT2D eigenvalue weighted by Crippen LogP contribution is -2.01. The molecule has 1 aromatic carbocycles. The minimum absolute atomic E-state index is 0.765. The zero-order valence-electron chi connectivity index (χ0n) is 11.7. The first-order valence-electron chi connectivity index (χ1n) is 6.98. The van der Waals surface area contributed by atoms with Crippen LogP contribution < -0.4 is 0 Å². The van der Waals surface area contributed by atoms with Gasteiger partial charge in [0.25, 0.3) is 0 Å². The summed E-state index contributed by atoms with van der Waals surface area (Å²) in [5.41, 5.74) is 3.89. The Hall–Kier alpha value is -2.20. The minimum Gasteiger partial charge on any atom is -0.460 e. The third-order valence-electron chi connectivity index (χ3n) is 3.64. The third kappa shape index (κ3) is 2.32. The summed E-state index contributed by atoms with van der Waals surface area (Å²) in [6, 6.07) is 12.4. The Labute approximate surface area is 127 Å². The number of hydrogen-bond donors (Lipinski definition) is 0. The van der Waals surface area contributed by atoms with E-state index in [4.69, 9.17) is 4.42 Å². The predicted molar refractivity (Wildman–Crippen MR) is 85.7 cm³/mol. The van der Waals surface area contributed by atoms with Crippen LogP contribution in [-0.4, -0.2) is 11.2 Å². The molecule has 1 aliphatic rings. The van der Waals surface area contributed by atoms with Crippen LogP contribution in [-0.2, 0) is 12.8 Å². The van der Waals surface area contributed by atoms with Gasteiger partial charge in [-0.25, -0.2) is 9.98 Å². The van der Waals surface area contributed by atoms with Gasteiger partial charge in [-0.1, -0.05) is 35.6 Å².